The number of nitro benzene ring substituents is 1. The van der Waals surface area contributed by atoms with Crippen LogP contribution in [0.2, 0.25) is 5.02 Å². The number of hydrogen-bond donors (Lipinski definition) is 2. The molecule has 2 fully saturated rings. The number of rotatable bonds is 17. The lowest BCUT2D eigenvalue weighted by Crippen LogP contribution is -2.46. The SMILES string of the molecule is Cc1c(C(=O)O)c(-c2cccc(N3CCN(c4ccc(N5CCO[P@]5(=O)c5ccc(N[C@H](CCN(C)C)CSc6ccccc6)c([N+](=O)[O-])c5)cc4)CC3)c2)c(-c2ccc(Cl)cc2)n1C(C)C. The van der Waals surface area contributed by atoms with Crippen LogP contribution in [-0.2, 0) is 9.09 Å². The zero-order valence-corrected chi connectivity index (χ0v) is 40.9. The van der Waals surface area contributed by atoms with Gasteiger partial charge in [-0.05, 0) is 132 Å². The van der Waals surface area contributed by atoms with Crippen molar-refractivity contribution in [2.24, 2.45) is 0 Å². The van der Waals surface area contributed by atoms with E-state index in [9.17, 15) is 24.6 Å². The molecule has 0 amide bonds. The van der Waals surface area contributed by atoms with Gasteiger partial charge in [-0.25, -0.2) is 4.79 Å². The van der Waals surface area contributed by atoms with Crippen LogP contribution in [0.5, 0.6) is 0 Å². The van der Waals surface area contributed by atoms with Crippen LogP contribution >= 0.6 is 30.9 Å². The monoisotopic (exact) mass is 961 g/mol. The van der Waals surface area contributed by atoms with Gasteiger partial charge >= 0.3 is 13.5 Å². The average Bonchev–Trinajstić information content (AvgIpc) is 3.88. The highest BCUT2D eigenvalue weighted by Crippen LogP contribution is 2.56. The number of halogens is 1. The molecule has 2 atom stereocenters. The minimum atomic E-state index is -3.68. The van der Waals surface area contributed by atoms with Crippen LogP contribution in [0.4, 0.5) is 28.4 Å². The summed E-state index contributed by atoms with van der Waals surface area (Å²) in [6, 6.07) is 38.5. The number of nitrogens with one attached hydrogen (secondary N) is 1. The molecule has 1 aromatic heterocycles. The number of nitro groups is 1. The summed E-state index contributed by atoms with van der Waals surface area (Å²) in [6.07, 6.45) is 0.777. The third-order valence-electron chi connectivity index (χ3n) is 12.5. The van der Waals surface area contributed by atoms with Crippen molar-refractivity contribution in [1.82, 2.24) is 9.47 Å². The van der Waals surface area contributed by atoms with Crippen LogP contribution in [0.1, 0.15) is 42.4 Å². The number of carboxylic acid groups (broad SMARTS) is 1. The summed E-state index contributed by atoms with van der Waals surface area (Å²) in [5, 5.41) is 27.4. The molecule has 16 heteroatoms. The van der Waals surface area contributed by atoms with E-state index in [1.807, 2.05) is 99.9 Å². The number of hydrogen-bond acceptors (Lipinski definition) is 10. The molecule has 0 radical (unpaired) electrons. The predicted octanol–water partition coefficient (Wildman–Crippen LogP) is 11.2. The zero-order valence-electron chi connectivity index (χ0n) is 38.5. The first-order valence-electron chi connectivity index (χ1n) is 22.6. The highest BCUT2D eigenvalue weighted by molar-refractivity contribution is 7.99. The number of aromatic carboxylic acids is 1. The first-order chi connectivity index (χ1) is 32.2. The maximum Gasteiger partial charge on any atom is 0.338 e. The molecule has 0 aliphatic carbocycles. The lowest BCUT2D eigenvalue weighted by molar-refractivity contribution is -0.383. The highest BCUT2D eigenvalue weighted by Gasteiger charge is 2.41. The molecule has 5 aromatic carbocycles. The number of piperazine rings is 1. The topological polar surface area (TPSA) is 137 Å². The molecule has 2 aliphatic rings. The van der Waals surface area contributed by atoms with Crippen LogP contribution in [0.25, 0.3) is 22.4 Å². The van der Waals surface area contributed by atoms with E-state index in [2.05, 4.69) is 62.7 Å². The van der Waals surface area contributed by atoms with Gasteiger partial charge in [0.2, 0.25) is 0 Å². The van der Waals surface area contributed by atoms with Crippen LogP contribution in [-0.4, -0.2) is 97.2 Å². The normalized spacial score (nSPS) is 16.8. The standard InChI is InChI=1S/C51H57ClN7O6PS/c1-35(2)58-36(3)48(51(60)61)49(50(58)37-14-16-39(52)17-15-37)38-10-9-11-43(32-38)56-28-26-55(27-29-56)41-18-20-42(21-19-41)57-30-31-65-66(57,64)44-22-23-46(47(33-44)59(62)63)53-40(24-25-54(4)5)34-67-45-12-7-6-8-13-45/h6-23,32-33,35,40,53H,24-31,34H2,1-5H3,(H,60,61)/t40-,66-/m1/s1. The fraction of sp³-hybridized carbons (Fsp3) is 0.314. The van der Waals surface area contributed by atoms with E-state index in [1.54, 1.807) is 28.6 Å². The molecule has 0 spiro atoms. The number of benzene rings is 5. The fourth-order valence-electron chi connectivity index (χ4n) is 9.16. The summed E-state index contributed by atoms with van der Waals surface area (Å²) >= 11 is 7.98. The van der Waals surface area contributed by atoms with E-state index in [0.29, 0.717) is 45.5 Å². The van der Waals surface area contributed by atoms with Crippen molar-refractivity contribution in [3.63, 3.8) is 0 Å². The van der Waals surface area contributed by atoms with Crippen molar-refractivity contribution in [1.29, 1.82) is 0 Å². The van der Waals surface area contributed by atoms with E-state index in [4.69, 9.17) is 16.1 Å². The smallest absolute Gasteiger partial charge is 0.338 e. The second kappa shape index (κ2) is 20.6. The van der Waals surface area contributed by atoms with E-state index in [1.165, 1.54) is 6.07 Å². The van der Waals surface area contributed by atoms with Crippen LogP contribution < -0.4 is 25.1 Å². The molecule has 6 aromatic rings. The molecule has 67 heavy (non-hydrogen) atoms. The van der Waals surface area contributed by atoms with Crippen LogP contribution in [0, 0.1) is 17.0 Å². The van der Waals surface area contributed by atoms with Crippen molar-refractivity contribution in [3.05, 3.63) is 148 Å². The van der Waals surface area contributed by atoms with Crippen molar-refractivity contribution in [3.8, 4) is 22.4 Å². The van der Waals surface area contributed by atoms with Crippen molar-refractivity contribution < 1.29 is 23.9 Å². The number of aromatic nitrogens is 1. The lowest BCUT2D eigenvalue weighted by atomic mass is 9.96. The largest absolute Gasteiger partial charge is 0.478 e. The van der Waals surface area contributed by atoms with E-state index < -0.39 is 18.4 Å². The second-order valence-electron chi connectivity index (χ2n) is 17.5. The molecular weight excluding hydrogens is 905 g/mol. The van der Waals surface area contributed by atoms with Gasteiger partial charge in [0, 0.05) is 88.3 Å². The number of thioether (sulfide) groups is 1. The Balaban J connectivity index is 0.966. The molecule has 350 valence electrons. The first-order valence-corrected chi connectivity index (χ1v) is 25.5. The van der Waals surface area contributed by atoms with Gasteiger partial charge in [-0.15, -0.1) is 11.8 Å². The molecule has 2 aliphatic heterocycles. The minimum absolute atomic E-state index is 0.0204. The maximum absolute atomic E-state index is 14.8. The van der Waals surface area contributed by atoms with Gasteiger partial charge in [-0.2, -0.15) is 0 Å². The number of carboxylic acids is 1. The summed E-state index contributed by atoms with van der Waals surface area (Å²) in [4.78, 5) is 32.9. The summed E-state index contributed by atoms with van der Waals surface area (Å²) in [5.41, 5.74) is 7.27. The predicted molar refractivity (Wildman–Crippen MR) is 275 cm³/mol. The maximum atomic E-state index is 14.8. The molecule has 0 unspecified atom stereocenters. The second-order valence-corrected chi connectivity index (χ2v) is 21.3. The quantitative estimate of drug-likeness (QED) is 0.0390. The highest BCUT2D eigenvalue weighted by atomic mass is 35.5. The lowest BCUT2D eigenvalue weighted by Gasteiger charge is -2.37. The fourth-order valence-corrected chi connectivity index (χ4v) is 12.5. The van der Waals surface area contributed by atoms with Gasteiger partial charge in [0.25, 0.3) is 5.69 Å². The Kier molecular flexibility index (Phi) is 14.7. The Hall–Kier alpha value is -5.76. The summed E-state index contributed by atoms with van der Waals surface area (Å²) in [5.74, 6) is -0.253. The number of carbonyl (C=O) groups is 1. The molecular formula is C51H57ClN7O6PS. The Morgan fingerprint density at radius 2 is 1.54 bits per heavy atom. The Bertz CT molecular complexity index is 2760. The molecule has 0 bridgehead atoms. The number of nitrogens with zero attached hydrogens (tertiary/aromatic N) is 6. The van der Waals surface area contributed by atoms with Gasteiger partial charge in [-0.3, -0.25) is 19.3 Å². The third kappa shape index (κ3) is 10.4. The van der Waals surface area contributed by atoms with Crippen LogP contribution in [0.15, 0.2) is 126 Å². The average molecular weight is 963 g/mol. The molecule has 3 heterocycles. The molecule has 2 saturated heterocycles. The van der Waals surface area contributed by atoms with Crippen molar-refractivity contribution in [2.45, 2.75) is 44.2 Å². The summed E-state index contributed by atoms with van der Waals surface area (Å²) in [7, 11) is 0.340. The Morgan fingerprint density at radius 1 is 0.866 bits per heavy atom. The van der Waals surface area contributed by atoms with E-state index in [-0.39, 0.29) is 29.7 Å². The van der Waals surface area contributed by atoms with Gasteiger partial charge in [0.15, 0.2) is 0 Å². The van der Waals surface area contributed by atoms with Crippen molar-refractivity contribution in [2.75, 3.05) is 85.5 Å². The van der Waals surface area contributed by atoms with Gasteiger partial charge in [0.05, 0.1) is 34.6 Å². The molecule has 8 rings (SSSR count). The van der Waals surface area contributed by atoms with Crippen molar-refractivity contribution >= 4 is 70.6 Å². The van der Waals surface area contributed by atoms with E-state index in [0.717, 1.165) is 72.2 Å². The minimum Gasteiger partial charge on any atom is -0.478 e. The van der Waals surface area contributed by atoms with E-state index >= 15 is 0 Å². The Labute approximate surface area is 401 Å². The van der Waals surface area contributed by atoms with Crippen LogP contribution in [0.3, 0.4) is 0 Å². The summed E-state index contributed by atoms with van der Waals surface area (Å²) < 4.78 is 24.6. The van der Waals surface area contributed by atoms with Gasteiger partial charge in [-0.1, -0.05) is 54.1 Å². The summed E-state index contributed by atoms with van der Waals surface area (Å²) in [6.45, 7) is 10.4. The van der Waals surface area contributed by atoms with Gasteiger partial charge < -0.3 is 34.2 Å². The third-order valence-corrected chi connectivity index (χ3v) is 16.4. The zero-order chi connectivity index (χ0) is 47.4. The molecule has 13 nitrogen and oxygen atoms in total. The van der Waals surface area contributed by atoms with Gasteiger partial charge in [0.1, 0.15) is 5.69 Å². The Morgan fingerprint density at radius 3 is 2.18 bits per heavy atom. The first kappa shape index (κ1) is 47.7. The molecule has 0 saturated carbocycles. The number of anilines is 4. The molecule has 2 N–H and O–H groups in total.